The van der Waals surface area contributed by atoms with Crippen molar-refractivity contribution >= 4 is 97.8 Å². The topological polar surface area (TPSA) is 258 Å². The number of carboxylic acids is 1. The zero-order valence-electron chi connectivity index (χ0n) is 23.5. The molecule has 0 radical (unpaired) electrons. The maximum atomic E-state index is 13.2. The molecule has 1 heterocycles. The number of rotatable bonds is 18. The van der Waals surface area contributed by atoms with Crippen molar-refractivity contribution in [2.45, 2.75) is 43.1 Å². The minimum absolute atomic E-state index is 0.0515. The fourth-order valence-electron chi connectivity index (χ4n) is 3.86. The zero-order valence-corrected chi connectivity index (χ0v) is 27.1. The Hall–Kier alpha value is -2.88. The van der Waals surface area contributed by atoms with Crippen LogP contribution in [0.4, 0.5) is 0 Å². The predicted octanol–water partition coefficient (Wildman–Crippen LogP) is -5.09. The molecule has 5 atom stereocenters. The molecule has 17 nitrogen and oxygen atoms in total. The Bertz CT molecular complexity index is 1090. The van der Waals surface area contributed by atoms with Gasteiger partial charge in [-0.2, -0.15) is 50.5 Å². The number of nitrogens with one attached hydrogen (secondary N) is 6. The molecular formula is C23H38N8O9S4. The molecule has 0 saturated carbocycles. The Kier molecular flexibility index (Phi) is 18.0. The number of hydrogen-bond acceptors (Lipinski definition) is 13. The Labute approximate surface area is 275 Å². The minimum atomic E-state index is -1.30. The highest BCUT2D eigenvalue weighted by molar-refractivity contribution is 7.80. The average Bonchev–Trinajstić information content (AvgIpc) is 3.51. The van der Waals surface area contributed by atoms with Gasteiger partial charge in [0.2, 0.25) is 41.4 Å². The first-order chi connectivity index (χ1) is 20.8. The first-order valence-electron chi connectivity index (χ1n) is 13.2. The summed E-state index contributed by atoms with van der Waals surface area (Å²) in [6.07, 6.45) is 0.727. The molecular weight excluding hydrogens is 661 g/mol. The second-order valence-corrected chi connectivity index (χ2v) is 10.8. The van der Waals surface area contributed by atoms with E-state index in [0.29, 0.717) is 6.42 Å². The first-order valence-corrected chi connectivity index (χ1v) is 15.8. The lowest BCUT2D eigenvalue weighted by atomic mass is 10.1. The van der Waals surface area contributed by atoms with Crippen LogP contribution in [0.1, 0.15) is 12.8 Å². The van der Waals surface area contributed by atoms with E-state index in [1.165, 1.54) is 4.90 Å². The number of nitrogens with zero attached hydrogens (tertiary/aromatic N) is 1. The van der Waals surface area contributed by atoms with Crippen molar-refractivity contribution in [2.24, 2.45) is 5.73 Å². The standard InChI is InChI=1S/C23H38N8O9S4/c24-4-16(32)27-11(7-41)19(35)25-5-17(33)28-13(9-43)22(38)31-3-1-2-15(31)21(37)30-12(8-42)20(36)26-6-18(34)29-14(10-44)23(39)40/h11-15,41-44H,1-10,24H2,(H,25,35)(H,26,36)(H,27,32)(H,28,33)(H,29,34)(H,30,37)(H,39,40)/t11-,12-,13-,14-,15-/m0/s1. The van der Waals surface area contributed by atoms with Gasteiger partial charge in [0.25, 0.3) is 0 Å². The van der Waals surface area contributed by atoms with Gasteiger partial charge in [-0.3, -0.25) is 33.6 Å². The van der Waals surface area contributed by atoms with Crippen LogP contribution in [-0.4, -0.2) is 137 Å². The number of carbonyl (C=O) groups is 8. The number of nitrogens with two attached hydrogens (primary N) is 1. The third kappa shape index (κ3) is 12.6. The fourth-order valence-corrected chi connectivity index (χ4v) is 4.86. The maximum absolute atomic E-state index is 13.2. The molecule has 44 heavy (non-hydrogen) atoms. The van der Waals surface area contributed by atoms with Gasteiger partial charge >= 0.3 is 5.97 Å². The van der Waals surface area contributed by atoms with E-state index in [9.17, 15) is 38.4 Å². The first kappa shape index (κ1) is 39.1. The van der Waals surface area contributed by atoms with E-state index in [2.05, 4.69) is 82.4 Å². The van der Waals surface area contributed by atoms with Crippen LogP contribution in [0.2, 0.25) is 0 Å². The van der Waals surface area contributed by atoms with Crippen LogP contribution >= 0.6 is 50.5 Å². The maximum Gasteiger partial charge on any atom is 0.327 e. The molecule has 0 bridgehead atoms. The van der Waals surface area contributed by atoms with Gasteiger partial charge in [0.15, 0.2) is 0 Å². The Morgan fingerprint density at radius 1 is 0.705 bits per heavy atom. The van der Waals surface area contributed by atoms with E-state index in [0.717, 1.165) is 0 Å². The number of aliphatic carboxylic acids is 1. The van der Waals surface area contributed by atoms with Gasteiger partial charge in [-0.15, -0.1) is 0 Å². The molecule has 1 rings (SSSR count). The quantitative estimate of drug-likeness (QED) is 0.0607. The van der Waals surface area contributed by atoms with Crippen molar-refractivity contribution in [3.05, 3.63) is 0 Å². The number of hydrogen-bond donors (Lipinski definition) is 12. The average molecular weight is 699 g/mol. The SMILES string of the molecule is NCC(=O)N[C@@H](CS)C(=O)NCC(=O)N[C@@H](CS)C(=O)N1CCC[C@H]1C(=O)N[C@@H](CS)C(=O)NCC(=O)N[C@@H](CS)C(=O)O. The monoisotopic (exact) mass is 698 g/mol. The molecule has 1 aliphatic rings. The second-order valence-electron chi connectivity index (χ2n) is 9.32. The summed E-state index contributed by atoms with van der Waals surface area (Å²) in [5, 5.41) is 23.1. The molecule has 0 spiro atoms. The minimum Gasteiger partial charge on any atom is -0.480 e. The largest absolute Gasteiger partial charge is 0.480 e. The van der Waals surface area contributed by atoms with Gasteiger partial charge in [-0.25, -0.2) is 4.79 Å². The summed E-state index contributed by atoms with van der Waals surface area (Å²) in [6, 6.07) is -5.59. The molecule has 21 heteroatoms. The van der Waals surface area contributed by atoms with E-state index in [-0.39, 0.29) is 42.5 Å². The van der Waals surface area contributed by atoms with Crippen LogP contribution in [0.5, 0.6) is 0 Å². The molecule has 0 aromatic rings. The summed E-state index contributed by atoms with van der Waals surface area (Å²) < 4.78 is 0. The van der Waals surface area contributed by atoms with E-state index in [1.54, 1.807) is 0 Å². The molecule has 1 saturated heterocycles. The number of carboxylic acid groups (broad SMARTS) is 1. The Morgan fingerprint density at radius 3 is 1.61 bits per heavy atom. The van der Waals surface area contributed by atoms with Crippen molar-refractivity contribution in [1.29, 1.82) is 0 Å². The third-order valence-electron chi connectivity index (χ3n) is 6.15. The van der Waals surface area contributed by atoms with Crippen LogP contribution in [0.25, 0.3) is 0 Å². The molecule has 0 aromatic carbocycles. The van der Waals surface area contributed by atoms with E-state index >= 15 is 0 Å². The number of amides is 7. The summed E-state index contributed by atoms with van der Waals surface area (Å²) in [7, 11) is 0. The summed E-state index contributed by atoms with van der Waals surface area (Å²) in [4.78, 5) is 99.3. The lowest BCUT2D eigenvalue weighted by Gasteiger charge is -2.29. The van der Waals surface area contributed by atoms with E-state index in [4.69, 9.17) is 10.8 Å². The van der Waals surface area contributed by atoms with E-state index < -0.39 is 90.6 Å². The van der Waals surface area contributed by atoms with Crippen LogP contribution in [0, 0.1) is 0 Å². The molecule has 0 aliphatic carbocycles. The summed E-state index contributed by atoms with van der Waals surface area (Å²) in [5.41, 5.74) is 5.21. The lowest BCUT2D eigenvalue weighted by Crippen LogP contribution is -2.58. The van der Waals surface area contributed by atoms with Crippen LogP contribution in [0.15, 0.2) is 0 Å². The van der Waals surface area contributed by atoms with Crippen molar-refractivity contribution in [2.75, 3.05) is 49.2 Å². The molecule has 7 amide bonds. The van der Waals surface area contributed by atoms with Gasteiger partial charge < -0.3 is 47.6 Å². The smallest absolute Gasteiger partial charge is 0.327 e. The van der Waals surface area contributed by atoms with Gasteiger partial charge in [-0.1, -0.05) is 0 Å². The highest BCUT2D eigenvalue weighted by atomic mass is 32.1. The van der Waals surface area contributed by atoms with Crippen molar-refractivity contribution in [3.63, 3.8) is 0 Å². The number of likely N-dealkylation sites (tertiary alicyclic amines) is 1. The molecule has 0 unspecified atom stereocenters. The second kappa shape index (κ2) is 20.2. The third-order valence-corrected chi connectivity index (χ3v) is 7.61. The summed E-state index contributed by atoms with van der Waals surface area (Å²) >= 11 is 16.0. The van der Waals surface area contributed by atoms with Crippen LogP contribution in [-0.2, 0) is 38.4 Å². The van der Waals surface area contributed by atoms with Crippen LogP contribution < -0.4 is 37.6 Å². The van der Waals surface area contributed by atoms with Gasteiger partial charge in [-0.05, 0) is 12.8 Å². The molecule has 1 aliphatic heterocycles. The van der Waals surface area contributed by atoms with Gasteiger partial charge in [0.1, 0.15) is 30.2 Å². The Morgan fingerprint density at radius 2 is 1.16 bits per heavy atom. The normalized spacial score (nSPS) is 16.8. The molecule has 0 aromatic heterocycles. The summed E-state index contributed by atoms with van der Waals surface area (Å²) in [6.45, 7) is -1.24. The highest BCUT2D eigenvalue weighted by Gasteiger charge is 2.38. The summed E-state index contributed by atoms with van der Waals surface area (Å²) in [5.74, 6) is -6.61. The van der Waals surface area contributed by atoms with E-state index in [1.807, 2.05) is 0 Å². The number of thiol groups is 4. The predicted molar refractivity (Wildman–Crippen MR) is 171 cm³/mol. The Balaban J connectivity index is 2.73. The molecule has 1 fully saturated rings. The number of carbonyl (C=O) groups excluding carboxylic acids is 7. The molecule has 9 N–H and O–H groups in total. The van der Waals surface area contributed by atoms with Crippen molar-refractivity contribution in [3.8, 4) is 0 Å². The van der Waals surface area contributed by atoms with Crippen LogP contribution in [0.3, 0.4) is 0 Å². The van der Waals surface area contributed by atoms with Crippen molar-refractivity contribution < 1.29 is 43.5 Å². The lowest BCUT2D eigenvalue weighted by molar-refractivity contribution is -0.141. The highest BCUT2D eigenvalue weighted by Crippen LogP contribution is 2.19. The molecule has 248 valence electrons. The van der Waals surface area contributed by atoms with Crippen molar-refractivity contribution in [1.82, 2.24) is 36.8 Å². The fraction of sp³-hybridized carbons (Fsp3) is 0.652. The van der Waals surface area contributed by atoms with Gasteiger partial charge in [0, 0.05) is 29.6 Å². The zero-order chi connectivity index (χ0) is 33.4. The van der Waals surface area contributed by atoms with Gasteiger partial charge in [0.05, 0.1) is 19.6 Å².